The third kappa shape index (κ3) is 3.74. The maximum atomic E-state index is 13.2. The van der Waals surface area contributed by atoms with Crippen LogP contribution in [-0.2, 0) is 23.0 Å². The number of carbonyl (C=O) groups excluding carboxylic acids is 1. The maximum absolute atomic E-state index is 13.2. The van der Waals surface area contributed by atoms with Crippen LogP contribution in [0.3, 0.4) is 0 Å². The quantitative estimate of drug-likeness (QED) is 0.379. The molecular weight excluding hydrogens is 470 g/mol. The van der Waals surface area contributed by atoms with Crippen LogP contribution in [0, 0.1) is 6.92 Å². The molecule has 7 nitrogen and oxygen atoms in total. The van der Waals surface area contributed by atoms with Crippen molar-refractivity contribution in [1.82, 2.24) is 9.55 Å². The SMILES string of the molecule is CCS(=O)(=O)N1CCc2cc(C(=O)Cn3cnc4sc(-c5ccccc5)c(C)c4c3=O)ccc21. The van der Waals surface area contributed by atoms with Gasteiger partial charge in [0.25, 0.3) is 5.56 Å². The zero-order valence-electron chi connectivity index (χ0n) is 18.8. The molecule has 0 fully saturated rings. The number of thiophene rings is 1. The first-order chi connectivity index (χ1) is 16.3. The summed E-state index contributed by atoms with van der Waals surface area (Å²) in [6, 6.07) is 14.9. The number of aromatic nitrogens is 2. The Morgan fingerprint density at radius 3 is 2.65 bits per heavy atom. The Labute approximate surface area is 201 Å². The average Bonchev–Trinajstić information content (AvgIpc) is 3.43. The van der Waals surface area contributed by atoms with Crippen molar-refractivity contribution in [2.24, 2.45) is 0 Å². The van der Waals surface area contributed by atoms with Crippen molar-refractivity contribution in [2.75, 3.05) is 16.6 Å². The molecule has 2 aromatic carbocycles. The third-order valence-corrected chi connectivity index (χ3v) is 9.25. The zero-order chi connectivity index (χ0) is 24.0. The summed E-state index contributed by atoms with van der Waals surface area (Å²) in [5, 5.41) is 0.536. The van der Waals surface area contributed by atoms with Gasteiger partial charge in [-0.15, -0.1) is 11.3 Å². The predicted molar refractivity (Wildman–Crippen MR) is 135 cm³/mol. The molecule has 4 aromatic rings. The number of hydrogen-bond donors (Lipinski definition) is 0. The molecule has 5 rings (SSSR count). The molecule has 1 aliphatic rings. The van der Waals surface area contributed by atoms with E-state index in [2.05, 4.69) is 4.98 Å². The van der Waals surface area contributed by atoms with E-state index in [1.54, 1.807) is 25.1 Å². The first kappa shape index (κ1) is 22.5. The van der Waals surface area contributed by atoms with Gasteiger partial charge in [0.1, 0.15) is 4.83 Å². The summed E-state index contributed by atoms with van der Waals surface area (Å²) in [6.07, 6.45) is 1.98. The summed E-state index contributed by atoms with van der Waals surface area (Å²) in [4.78, 5) is 32.4. The number of carbonyl (C=O) groups is 1. The maximum Gasteiger partial charge on any atom is 0.262 e. The Morgan fingerprint density at radius 1 is 1.15 bits per heavy atom. The minimum Gasteiger partial charge on any atom is -0.292 e. The van der Waals surface area contributed by atoms with E-state index in [0.717, 1.165) is 21.6 Å². The highest BCUT2D eigenvalue weighted by atomic mass is 32.2. The monoisotopic (exact) mass is 493 g/mol. The van der Waals surface area contributed by atoms with E-state index in [1.807, 2.05) is 37.3 Å². The number of sulfonamides is 1. The topological polar surface area (TPSA) is 89.3 Å². The van der Waals surface area contributed by atoms with Gasteiger partial charge in [-0.3, -0.25) is 18.5 Å². The van der Waals surface area contributed by atoms with E-state index in [9.17, 15) is 18.0 Å². The molecule has 0 bridgehead atoms. The molecule has 174 valence electrons. The second kappa shape index (κ2) is 8.48. The van der Waals surface area contributed by atoms with Crippen molar-refractivity contribution in [2.45, 2.75) is 26.8 Å². The molecule has 0 spiro atoms. The van der Waals surface area contributed by atoms with Gasteiger partial charge >= 0.3 is 0 Å². The highest BCUT2D eigenvalue weighted by Crippen LogP contribution is 2.35. The van der Waals surface area contributed by atoms with E-state index >= 15 is 0 Å². The van der Waals surface area contributed by atoms with Gasteiger partial charge in [0.2, 0.25) is 10.0 Å². The van der Waals surface area contributed by atoms with Crippen LogP contribution in [-0.4, -0.2) is 36.0 Å². The molecule has 1 aliphatic heterocycles. The number of hydrogen-bond acceptors (Lipinski definition) is 6. The lowest BCUT2D eigenvalue weighted by atomic mass is 10.1. The van der Waals surface area contributed by atoms with Crippen molar-refractivity contribution < 1.29 is 13.2 Å². The van der Waals surface area contributed by atoms with Crippen LogP contribution in [0.4, 0.5) is 5.69 Å². The normalized spacial score (nSPS) is 13.4. The zero-order valence-corrected chi connectivity index (χ0v) is 20.4. The minimum absolute atomic E-state index is 0.0273. The van der Waals surface area contributed by atoms with Gasteiger partial charge in [0, 0.05) is 17.0 Å². The molecule has 3 heterocycles. The Kier molecular flexibility index (Phi) is 5.61. The Morgan fingerprint density at radius 2 is 1.91 bits per heavy atom. The molecule has 0 amide bonds. The highest BCUT2D eigenvalue weighted by Gasteiger charge is 2.28. The van der Waals surface area contributed by atoms with Gasteiger partial charge in [-0.1, -0.05) is 30.3 Å². The number of ketones is 1. The first-order valence-corrected chi connectivity index (χ1v) is 13.4. The third-order valence-electron chi connectivity index (χ3n) is 6.22. The van der Waals surface area contributed by atoms with Crippen LogP contribution in [0.15, 0.2) is 59.7 Å². The number of benzene rings is 2. The molecule has 0 saturated carbocycles. The summed E-state index contributed by atoms with van der Waals surface area (Å²) in [5.74, 6) is -0.196. The van der Waals surface area contributed by atoms with Gasteiger partial charge in [-0.2, -0.15) is 0 Å². The van der Waals surface area contributed by atoms with E-state index in [4.69, 9.17) is 0 Å². The minimum atomic E-state index is -3.35. The lowest BCUT2D eigenvalue weighted by molar-refractivity contribution is 0.0970. The lowest BCUT2D eigenvalue weighted by Crippen LogP contribution is -2.30. The summed E-state index contributed by atoms with van der Waals surface area (Å²) in [5.41, 5.74) is 3.55. The number of rotatable bonds is 6. The van der Waals surface area contributed by atoms with E-state index in [0.29, 0.717) is 34.4 Å². The fourth-order valence-corrected chi connectivity index (χ4v) is 6.68. The summed E-state index contributed by atoms with van der Waals surface area (Å²) in [7, 11) is -3.35. The highest BCUT2D eigenvalue weighted by molar-refractivity contribution is 7.92. The molecule has 0 aliphatic carbocycles. The van der Waals surface area contributed by atoms with Gasteiger partial charge in [0.15, 0.2) is 5.78 Å². The Balaban J connectivity index is 1.45. The fraction of sp³-hybridized carbons (Fsp3) is 0.240. The number of Topliss-reactive ketones (excluding diaryl/α,β-unsaturated/α-hetero) is 1. The van der Waals surface area contributed by atoms with Crippen molar-refractivity contribution in [1.29, 1.82) is 0 Å². The molecule has 2 aromatic heterocycles. The van der Waals surface area contributed by atoms with E-state index < -0.39 is 10.0 Å². The fourth-order valence-electron chi connectivity index (χ4n) is 4.37. The van der Waals surface area contributed by atoms with Crippen molar-refractivity contribution >= 4 is 43.0 Å². The van der Waals surface area contributed by atoms with Gasteiger partial charge in [0.05, 0.1) is 29.7 Å². The summed E-state index contributed by atoms with van der Waals surface area (Å²) >= 11 is 1.47. The number of fused-ring (bicyclic) bond motifs is 2. The second-order valence-corrected chi connectivity index (χ2v) is 11.5. The molecule has 0 saturated heterocycles. The Hall–Kier alpha value is -3.30. The second-order valence-electron chi connectivity index (χ2n) is 8.27. The number of anilines is 1. The van der Waals surface area contributed by atoms with Crippen molar-refractivity contribution in [3.8, 4) is 10.4 Å². The molecule has 0 unspecified atom stereocenters. The van der Waals surface area contributed by atoms with Crippen molar-refractivity contribution in [3.05, 3.63) is 81.9 Å². The van der Waals surface area contributed by atoms with Gasteiger partial charge in [-0.05, 0) is 55.2 Å². The molecular formula is C25H23N3O4S2. The van der Waals surface area contributed by atoms with Crippen LogP contribution in [0.1, 0.15) is 28.4 Å². The van der Waals surface area contributed by atoms with E-state index in [1.165, 1.54) is 26.5 Å². The standard InChI is InChI=1S/C25H23N3O4S2/c1-3-34(31,32)28-12-11-18-13-19(9-10-20(18)28)21(29)14-27-15-26-24-22(25(27)30)16(2)23(33-24)17-7-5-4-6-8-17/h4-10,13,15H,3,11-12,14H2,1-2H3. The smallest absolute Gasteiger partial charge is 0.262 e. The van der Waals surface area contributed by atoms with Gasteiger partial charge in [-0.25, -0.2) is 13.4 Å². The average molecular weight is 494 g/mol. The molecule has 0 radical (unpaired) electrons. The molecule has 9 heteroatoms. The van der Waals surface area contributed by atoms with Crippen LogP contribution in [0.5, 0.6) is 0 Å². The summed E-state index contributed by atoms with van der Waals surface area (Å²) in [6.45, 7) is 3.77. The lowest BCUT2D eigenvalue weighted by Gasteiger charge is -2.18. The molecule has 0 atom stereocenters. The van der Waals surface area contributed by atoms with Crippen LogP contribution in [0.2, 0.25) is 0 Å². The van der Waals surface area contributed by atoms with Crippen LogP contribution < -0.4 is 9.86 Å². The van der Waals surface area contributed by atoms with Crippen molar-refractivity contribution in [3.63, 3.8) is 0 Å². The number of aryl methyl sites for hydroxylation is 1. The van der Waals surface area contributed by atoms with Crippen LogP contribution >= 0.6 is 11.3 Å². The number of nitrogens with zero attached hydrogens (tertiary/aromatic N) is 3. The molecule has 0 N–H and O–H groups in total. The summed E-state index contributed by atoms with van der Waals surface area (Å²) < 4.78 is 27.4. The molecule has 34 heavy (non-hydrogen) atoms. The van der Waals surface area contributed by atoms with E-state index in [-0.39, 0.29) is 23.6 Å². The Bertz CT molecular complexity index is 1590. The first-order valence-electron chi connectivity index (χ1n) is 11.0. The largest absolute Gasteiger partial charge is 0.292 e. The van der Waals surface area contributed by atoms with Crippen LogP contribution in [0.25, 0.3) is 20.7 Å². The van der Waals surface area contributed by atoms with Gasteiger partial charge < -0.3 is 0 Å². The predicted octanol–water partition coefficient (Wildman–Crippen LogP) is 4.03.